The number of anilines is 1. The van der Waals surface area contributed by atoms with E-state index < -0.39 is 0 Å². The number of fused-ring (bicyclic) bond motifs is 1. The molecule has 0 amide bonds. The maximum atomic E-state index is 4.47. The second-order valence-electron chi connectivity index (χ2n) is 7.31. The van der Waals surface area contributed by atoms with E-state index in [1.54, 1.807) is 12.4 Å². The highest BCUT2D eigenvalue weighted by Crippen LogP contribution is 2.28. The first-order chi connectivity index (χ1) is 15.3. The summed E-state index contributed by atoms with van der Waals surface area (Å²) in [6.45, 7) is 4.15. The SMILES string of the molecule is C=C(Nc1ccnnc1)c1n[nH]c2ccc(-c3cncc(Cc4ccccc4)c3)cc12. The minimum absolute atomic E-state index is 0.687. The van der Waals surface area contributed by atoms with Crippen LogP contribution in [0.15, 0.2) is 92.0 Å². The molecule has 3 aromatic heterocycles. The standard InChI is InChI=1S/C25H20N6/c1-17(29-22-9-10-27-28-16-22)25-23-13-20(7-8-24(23)30-31-25)21-12-19(14-26-15-21)11-18-5-3-2-4-6-18/h2-10,12-16H,1,11H2,(H,27,29)(H,30,31). The van der Waals surface area contributed by atoms with E-state index >= 15 is 0 Å². The van der Waals surface area contributed by atoms with Crippen molar-refractivity contribution in [3.05, 3.63) is 109 Å². The van der Waals surface area contributed by atoms with Crippen molar-refractivity contribution >= 4 is 22.3 Å². The van der Waals surface area contributed by atoms with Crippen LogP contribution in [-0.2, 0) is 6.42 Å². The smallest absolute Gasteiger partial charge is 0.116 e. The van der Waals surface area contributed by atoms with Crippen LogP contribution in [0.4, 0.5) is 5.69 Å². The van der Waals surface area contributed by atoms with Gasteiger partial charge in [-0.3, -0.25) is 10.1 Å². The van der Waals surface area contributed by atoms with Gasteiger partial charge < -0.3 is 5.32 Å². The lowest BCUT2D eigenvalue weighted by atomic mass is 10.0. The van der Waals surface area contributed by atoms with E-state index in [9.17, 15) is 0 Å². The lowest BCUT2D eigenvalue weighted by Crippen LogP contribution is -1.99. The fourth-order valence-electron chi connectivity index (χ4n) is 3.60. The number of rotatable bonds is 6. The Morgan fingerprint density at radius 3 is 2.61 bits per heavy atom. The van der Waals surface area contributed by atoms with Crippen molar-refractivity contribution < 1.29 is 0 Å². The number of pyridine rings is 1. The zero-order chi connectivity index (χ0) is 21.0. The number of hydrogen-bond acceptors (Lipinski definition) is 5. The summed E-state index contributed by atoms with van der Waals surface area (Å²) in [6, 6.07) is 20.7. The van der Waals surface area contributed by atoms with Crippen LogP contribution in [0.1, 0.15) is 16.8 Å². The van der Waals surface area contributed by atoms with Gasteiger partial charge in [0.25, 0.3) is 0 Å². The molecule has 6 heteroatoms. The molecular formula is C25H20N6. The van der Waals surface area contributed by atoms with Crippen LogP contribution >= 0.6 is 0 Å². The Labute approximate surface area is 179 Å². The normalized spacial score (nSPS) is 10.8. The number of nitrogens with zero attached hydrogens (tertiary/aromatic N) is 4. The van der Waals surface area contributed by atoms with E-state index in [-0.39, 0.29) is 0 Å². The zero-order valence-corrected chi connectivity index (χ0v) is 16.8. The molecule has 0 radical (unpaired) electrons. The Morgan fingerprint density at radius 2 is 1.77 bits per heavy atom. The third-order valence-corrected chi connectivity index (χ3v) is 5.11. The van der Waals surface area contributed by atoms with Crippen LogP contribution in [0.3, 0.4) is 0 Å². The van der Waals surface area contributed by atoms with Crippen molar-refractivity contribution in [3.63, 3.8) is 0 Å². The van der Waals surface area contributed by atoms with Crippen LogP contribution in [-0.4, -0.2) is 25.4 Å². The topological polar surface area (TPSA) is 79.4 Å². The molecule has 0 aliphatic rings. The molecule has 31 heavy (non-hydrogen) atoms. The van der Waals surface area contributed by atoms with Gasteiger partial charge in [-0.05, 0) is 47.4 Å². The fourth-order valence-corrected chi connectivity index (χ4v) is 3.60. The Morgan fingerprint density at radius 1 is 0.871 bits per heavy atom. The summed E-state index contributed by atoms with van der Waals surface area (Å²) in [5.41, 5.74) is 7.80. The molecule has 0 unspecified atom stereocenters. The molecule has 5 rings (SSSR count). The highest BCUT2D eigenvalue weighted by molar-refractivity contribution is 5.94. The highest BCUT2D eigenvalue weighted by Gasteiger charge is 2.11. The average molecular weight is 404 g/mol. The first-order valence-electron chi connectivity index (χ1n) is 9.95. The third kappa shape index (κ3) is 4.04. The number of hydrogen-bond donors (Lipinski definition) is 2. The van der Waals surface area contributed by atoms with Gasteiger partial charge in [0.15, 0.2) is 0 Å². The van der Waals surface area contributed by atoms with Gasteiger partial charge in [0.05, 0.1) is 29.3 Å². The van der Waals surface area contributed by atoms with Crippen LogP contribution < -0.4 is 5.32 Å². The monoisotopic (exact) mass is 404 g/mol. The molecule has 5 aromatic rings. The van der Waals surface area contributed by atoms with Crippen molar-refractivity contribution in [2.45, 2.75) is 6.42 Å². The van der Waals surface area contributed by atoms with E-state index in [0.717, 1.165) is 39.8 Å². The van der Waals surface area contributed by atoms with E-state index in [0.29, 0.717) is 5.70 Å². The Kier molecular flexibility index (Phi) is 4.94. The summed E-state index contributed by atoms with van der Waals surface area (Å²) in [5.74, 6) is 0. The van der Waals surface area contributed by atoms with Crippen LogP contribution in [0.2, 0.25) is 0 Å². The predicted molar refractivity (Wildman–Crippen MR) is 123 cm³/mol. The number of aromatic amines is 1. The largest absolute Gasteiger partial charge is 0.353 e. The number of nitrogens with one attached hydrogen (secondary N) is 2. The van der Waals surface area contributed by atoms with Gasteiger partial charge >= 0.3 is 0 Å². The molecule has 2 aromatic carbocycles. The van der Waals surface area contributed by atoms with Crippen LogP contribution in [0.25, 0.3) is 27.7 Å². The van der Waals surface area contributed by atoms with E-state index in [1.165, 1.54) is 11.1 Å². The fraction of sp³-hybridized carbons (Fsp3) is 0.0400. The maximum Gasteiger partial charge on any atom is 0.116 e. The van der Waals surface area contributed by atoms with E-state index in [2.05, 4.69) is 79.7 Å². The molecule has 6 nitrogen and oxygen atoms in total. The summed E-state index contributed by atoms with van der Waals surface area (Å²) >= 11 is 0. The van der Waals surface area contributed by atoms with Gasteiger partial charge in [0.1, 0.15) is 5.69 Å². The molecule has 0 saturated carbocycles. The van der Waals surface area contributed by atoms with E-state index in [4.69, 9.17) is 0 Å². The molecule has 0 spiro atoms. The van der Waals surface area contributed by atoms with Crippen LogP contribution in [0, 0.1) is 0 Å². The molecule has 150 valence electrons. The van der Waals surface area contributed by atoms with Gasteiger partial charge in [-0.25, -0.2) is 0 Å². The molecule has 3 heterocycles. The molecule has 0 fully saturated rings. The Bertz CT molecular complexity index is 1340. The summed E-state index contributed by atoms with van der Waals surface area (Å²) < 4.78 is 0. The summed E-state index contributed by atoms with van der Waals surface area (Å²) in [7, 11) is 0. The second kappa shape index (κ2) is 8.20. The van der Waals surface area contributed by atoms with E-state index in [1.807, 2.05) is 30.6 Å². The summed E-state index contributed by atoms with van der Waals surface area (Å²) in [5, 5.41) is 19.5. The molecule has 0 saturated heterocycles. The quantitative estimate of drug-likeness (QED) is 0.412. The second-order valence-corrected chi connectivity index (χ2v) is 7.31. The number of benzene rings is 2. The first-order valence-corrected chi connectivity index (χ1v) is 9.95. The maximum absolute atomic E-state index is 4.47. The van der Waals surface area contributed by atoms with Gasteiger partial charge in [-0.2, -0.15) is 15.3 Å². The van der Waals surface area contributed by atoms with Gasteiger partial charge in [-0.1, -0.05) is 43.0 Å². The lowest BCUT2D eigenvalue weighted by Gasteiger charge is -2.08. The third-order valence-electron chi connectivity index (χ3n) is 5.11. The molecule has 0 aliphatic heterocycles. The molecular weight excluding hydrogens is 384 g/mol. The van der Waals surface area contributed by atoms with Crippen molar-refractivity contribution in [1.29, 1.82) is 0 Å². The summed E-state index contributed by atoms with van der Waals surface area (Å²) in [4.78, 5) is 4.47. The van der Waals surface area contributed by atoms with Gasteiger partial charge in [-0.15, -0.1) is 0 Å². The minimum atomic E-state index is 0.687. The van der Waals surface area contributed by atoms with Crippen molar-refractivity contribution in [3.8, 4) is 11.1 Å². The van der Waals surface area contributed by atoms with Gasteiger partial charge in [0, 0.05) is 23.3 Å². The Hall–Kier alpha value is -4.32. The highest BCUT2D eigenvalue weighted by atomic mass is 15.1. The predicted octanol–water partition coefficient (Wildman–Crippen LogP) is 5.09. The molecule has 0 atom stereocenters. The van der Waals surface area contributed by atoms with Crippen molar-refractivity contribution in [2.24, 2.45) is 0 Å². The minimum Gasteiger partial charge on any atom is -0.353 e. The summed E-state index contributed by atoms with van der Waals surface area (Å²) in [6.07, 6.45) is 7.95. The molecule has 0 aliphatic carbocycles. The number of aromatic nitrogens is 5. The van der Waals surface area contributed by atoms with Crippen molar-refractivity contribution in [2.75, 3.05) is 5.32 Å². The first kappa shape index (κ1) is 18.7. The van der Waals surface area contributed by atoms with Crippen molar-refractivity contribution in [1.82, 2.24) is 25.4 Å². The van der Waals surface area contributed by atoms with Crippen LogP contribution in [0.5, 0.6) is 0 Å². The lowest BCUT2D eigenvalue weighted by molar-refractivity contribution is 1.03. The number of H-pyrrole nitrogens is 1. The molecule has 0 bridgehead atoms. The molecule has 2 N–H and O–H groups in total. The Balaban J connectivity index is 1.45. The zero-order valence-electron chi connectivity index (χ0n) is 16.8. The van der Waals surface area contributed by atoms with Gasteiger partial charge in [0.2, 0.25) is 0 Å². The average Bonchev–Trinajstić information content (AvgIpc) is 3.24.